The van der Waals surface area contributed by atoms with Gasteiger partial charge in [0.15, 0.2) is 0 Å². The molecule has 0 aliphatic carbocycles. The Hall–Kier alpha value is -0.560. The van der Waals surface area contributed by atoms with Crippen molar-refractivity contribution < 1.29 is 19.1 Å². The van der Waals surface area contributed by atoms with Crippen molar-refractivity contribution in [3.63, 3.8) is 0 Å². The SMILES string of the molecule is C=C(C)C.C=CCCC.C=O.CCC=O.COCC1CSC(C(C)(C)CC(C)OC)S1. The van der Waals surface area contributed by atoms with Gasteiger partial charge in [-0.3, -0.25) is 0 Å². The Kier molecular flexibility index (Phi) is 33.4. The molecule has 0 aromatic heterocycles. The largest absolute Gasteiger partial charge is 0.384 e. The molecule has 1 heterocycles. The first-order valence-electron chi connectivity index (χ1n) is 10.8. The summed E-state index contributed by atoms with van der Waals surface area (Å²) < 4.78 is 11.3. The third-order valence-electron chi connectivity index (χ3n) is 3.62. The van der Waals surface area contributed by atoms with Crippen molar-refractivity contribution in [3.8, 4) is 0 Å². The standard InChI is InChI=1S/C12H24O2S2.C5H10.C4H8.C3H6O.CH2O/c1-9(14-5)6-12(2,3)11-15-8-10(16-11)7-13-4;1-3-5-4-2;1-4(2)3;1-2-3-4;1-2/h9-11H,6-8H2,1-5H3;3H,1,4-5H2,2H3;1H2,2-3H3;3H,2H2,1H3;1H2. The van der Waals surface area contributed by atoms with Gasteiger partial charge in [-0.05, 0) is 39.0 Å². The minimum absolute atomic E-state index is 0.327. The van der Waals surface area contributed by atoms with Crippen LogP contribution in [0.25, 0.3) is 0 Å². The zero-order chi connectivity index (χ0) is 25.3. The summed E-state index contributed by atoms with van der Waals surface area (Å²) in [5, 5.41) is 0.664. The maximum absolute atomic E-state index is 9.17. The van der Waals surface area contributed by atoms with E-state index in [4.69, 9.17) is 14.3 Å². The van der Waals surface area contributed by atoms with Gasteiger partial charge in [-0.25, -0.2) is 0 Å². The molecule has 31 heavy (non-hydrogen) atoms. The highest BCUT2D eigenvalue weighted by molar-refractivity contribution is 8.20. The average Bonchev–Trinajstić information content (AvgIpc) is 3.20. The summed E-state index contributed by atoms with van der Waals surface area (Å²) in [7, 11) is 3.58. The predicted octanol–water partition coefficient (Wildman–Crippen LogP) is 7.22. The van der Waals surface area contributed by atoms with Gasteiger partial charge in [0.1, 0.15) is 13.1 Å². The Balaban J connectivity index is -0.000000199. The number of hydrogen-bond donors (Lipinski definition) is 0. The van der Waals surface area contributed by atoms with Gasteiger partial charge in [0.25, 0.3) is 0 Å². The van der Waals surface area contributed by atoms with Crippen molar-refractivity contribution in [1.29, 1.82) is 0 Å². The van der Waals surface area contributed by atoms with Gasteiger partial charge in [-0.2, -0.15) is 0 Å². The lowest BCUT2D eigenvalue weighted by Crippen LogP contribution is -2.28. The van der Waals surface area contributed by atoms with Crippen LogP contribution in [0.15, 0.2) is 24.8 Å². The van der Waals surface area contributed by atoms with Crippen molar-refractivity contribution in [3.05, 3.63) is 24.8 Å². The topological polar surface area (TPSA) is 52.6 Å². The minimum atomic E-state index is 0.327. The molecule has 0 saturated carbocycles. The van der Waals surface area contributed by atoms with Crippen LogP contribution in [0, 0.1) is 5.41 Å². The molecular formula is C25H50O4S2. The highest BCUT2D eigenvalue weighted by Gasteiger charge is 2.38. The molecule has 0 bridgehead atoms. The van der Waals surface area contributed by atoms with E-state index in [-0.39, 0.29) is 0 Å². The fraction of sp³-hybridized carbons (Fsp3) is 0.760. The zero-order valence-corrected chi connectivity index (χ0v) is 23.3. The molecule has 3 unspecified atom stereocenters. The number of carbonyl (C=O) groups is 2. The van der Waals surface area contributed by atoms with E-state index < -0.39 is 0 Å². The Labute approximate surface area is 202 Å². The van der Waals surface area contributed by atoms with Gasteiger partial charge in [-0.15, -0.1) is 36.7 Å². The van der Waals surface area contributed by atoms with Gasteiger partial charge >= 0.3 is 0 Å². The van der Waals surface area contributed by atoms with Crippen molar-refractivity contribution in [2.45, 2.75) is 90.1 Å². The van der Waals surface area contributed by atoms with Crippen LogP contribution in [0.3, 0.4) is 0 Å². The van der Waals surface area contributed by atoms with E-state index in [0.717, 1.165) is 25.7 Å². The molecule has 186 valence electrons. The van der Waals surface area contributed by atoms with Gasteiger partial charge in [-0.1, -0.05) is 45.8 Å². The van der Waals surface area contributed by atoms with Crippen molar-refractivity contribution in [2.24, 2.45) is 5.41 Å². The highest BCUT2D eigenvalue weighted by atomic mass is 32.2. The summed E-state index contributed by atoms with van der Waals surface area (Å²) in [4.78, 5) is 17.2. The number of unbranched alkanes of at least 4 members (excludes halogenated alkanes) is 1. The van der Waals surface area contributed by atoms with Gasteiger partial charge in [0.05, 0.1) is 17.3 Å². The summed E-state index contributed by atoms with van der Waals surface area (Å²) >= 11 is 4.15. The number of methoxy groups -OCH3 is 2. The quantitative estimate of drug-likeness (QED) is 0.257. The number of allylic oxidation sites excluding steroid dienone is 2. The molecule has 3 atom stereocenters. The Morgan fingerprint density at radius 3 is 2.00 bits per heavy atom. The Bertz CT molecular complexity index is 410. The summed E-state index contributed by atoms with van der Waals surface area (Å²) in [5.74, 6) is 1.22. The summed E-state index contributed by atoms with van der Waals surface area (Å²) in [6.07, 6.45) is 7.29. The third kappa shape index (κ3) is 29.4. The average molecular weight is 479 g/mol. The van der Waals surface area contributed by atoms with Crippen LogP contribution in [-0.2, 0) is 19.1 Å². The lowest BCUT2D eigenvalue weighted by Gasteiger charge is -2.32. The second-order valence-electron chi connectivity index (χ2n) is 7.98. The molecular weight excluding hydrogens is 428 g/mol. The third-order valence-corrected chi connectivity index (χ3v) is 7.68. The van der Waals surface area contributed by atoms with Gasteiger partial charge in [0.2, 0.25) is 0 Å². The van der Waals surface area contributed by atoms with E-state index in [1.807, 2.05) is 33.6 Å². The maximum Gasteiger partial charge on any atom is 0.119 e. The molecule has 6 heteroatoms. The maximum atomic E-state index is 9.17. The molecule has 1 aliphatic rings. The van der Waals surface area contributed by atoms with Crippen molar-refractivity contribution in [2.75, 3.05) is 26.6 Å². The molecule has 1 aliphatic heterocycles. The molecule has 0 amide bonds. The Morgan fingerprint density at radius 1 is 1.23 bits per heavy atom. The lowest BCUT2D eigenvalue weighted by molar-refractivity contribution is -0.107. The second kappa shape index (κ2) is 27.5. The number of thioether (sulfide) groups is 2. The monoisotopic (exact) mass is 478 g/mol. The molecule has 0 spiro atoms. The van der Waals surface area contributed by atoms with Crippen LogP contribution < -0.4 is 0 Å². The molecule has 1 saturated heterocycles. The van der Waals surface area contributed by atoms with Crippen molar-refractivity contribution in [1.82, 2.24) is 0 Å². The number of carbonyl (C=O) groups excluding carboxylic acids is 2. The van der Waals surface area contributed by atoms with E-state index in [0.29, 0.717) is 27.8 Å². The lowest BCUT2D eigenvalue weighted by atomic mass is 9.89. The summed E-state index contributed by atoms with van der Waals surface area (Å²) in [6, 6.07) is 0. The first kappa shape index (κ1) is 37.7. The molecule has 1 rings (SSSR count). The first-order chi connectivity index (χ1) is 14.6. The molecule has 0 aromatic carbocycles. The van der Waals surface area contributed by atoms with Crippen LogP contribution in [0.1, 0.15) is 74.1 Å². The fourth-order valence-corrected chi connectivity index (χ4v) is 5.89. The van der Waals surface area contributed by atoms with E-state index >= 15 is 0 Å². The number of aldehydes is 1. The normalized spacial score (nSPS) is 17.6. The first-order valence-corrected chi connectivity index (χ1v) is 12.8. The summed E-state index contributed by atoms with van der Waals surface area (Å²) in [5.41, 5.74) is 1.49. The van der Waals surface area contributed by atoms with E-state index in [9.17, 15) is 4.79 Å². The summed E-state index contributed by atoms with van der Waals surface area (Å²) in [6.45, 7) is 24.7. The number of rotatable bonds is 9. The van der Waals surface area contributed by atoms with E-state index in [1.165, 1.54) is 17.7 Å². The Morgan fingerprint density at radius 2 is 1.71 bits per heavy atom. The van der Waals surface area contributed by atoms with Crippen LogP contribution in [0.4, 0.5) is 0 Å². The van der Waals surface area contributed by atoms with Crippen molar-refractivity contribution >= 4 is 36.6 Å². The van der Waals surface area contributed by atoms with Gasteiger partial charge < -0.3 is 19.1 Å². The molecule has 0 radical (unpaired) electrons. The van der Waals surface area contributed by atoms with Crippen LogP contribution in [0.5, 0.6) is 0 Å². The molecule has 1 fully saturated rings. The predicted molar refractivity (Wildman–Crippen MR) is 143 cm³/mol. The van der Waals surface area contributed by atoms with Gasteiger partial charge in [0, 0.05) is 31.6 Å². The number of hydrogen-bond acceptors (Lipinski definition) is 6. The molecule has 0 N–H and O–H groups in total. The number of ether oxygens (including phenoxy) is 2. The smallest absolute Gasteiger partial charge is 0.119 e. The zero-order valence-electron chi connectivity index (χ0n) is 21.7. The second-order valence-corrected chi connectivity index (χ2v) is 10.8. The van der Waals surface area contributed by atoms with Crippen LogP contribution in [0.2, 0.25) is 0 Å². The van der Waals surface area contributed by atoms with E-state index in [2.05, 4.69) is 64.4 Å². The minimum Gasteiger partial charge on any atom is -0.384 e. The van der Waals surface area contributed by atoms with Crippen LogP contribution in [-0.4, -0.2) is 55.6 Å². The van der Waals surface area contributed by atoms with Crippen LogP contribution >= 0.6 is 23.5 Å². The molecule has 0 aromatic rings. The fourth-order valence-electron chi connectivity index (χ4n) is 2.26. The van der Waals surface area contributed by atoms with E-state index in [1.54, 1.807) is 14.2 Å². The highest BCUT2D eigenvalue weighted by Crippen LogP contribution is 2.49. The molecule has 4 nitrogen and oxygen atoms in total.